The van der Waals surface area contributed by atoms with Crippen molar-refractivity contribution in [1.82, 2.24) is 9.47 Å². The molecule has 2 aliphatic heterocycles. The summed E-state index contributed by atoms with van der Waals surface area (Å²) in [5, 5.41) is 1.09. The summed E-state index contributed by atoms with van der Waals surface area (Å²) in [6.45, 7) is 6.41. The summed E-state index contributed by atoms with van der Waals surface area (Å²) in [7, 11) is 1.33. The first-order chi connectivity index (χ1) is 15.7. The molecule has 0 saturated heterocycles. The topological polar surface area (TPSA) is 77.8 Å². The molecule has 0 radical (unpaired) electrons. The van der Waals surface area contributed by atoms with E-state index in [0.717, 1.165) is 40.8 Å². The number of para-hydroxylation sites is 1. The molecule has 0 N–H and O–H groups in total. The second kappa shape index (κ2) is 7.75. The van der Waals surface area contributed by atoms with Gasteiger partial charge in [-0.3, -0.25) is 9.59 Å². The van der Waals surface area contributed by atoms with E-state index in [1.165, 1.54) is 12.7 Å². The summed E-state index contributed by atoms with van der Waals surface area (Å²) in [5.74, 6) is -1.24. The lowest BCUT2D eigenvalue weighted by Gasteiger charge is -2.45. The summed E-state index contributed by atoms with van der Waals surface area (Å²) in [5.41, 5.74) is 4.22. The van der Waals surface area contributed by atoms with Crippen LogP contribution in [-0.4, -0.2) is 46.6 Å². The Labute approximate surface area is 193 Å². The number of ketones is 1. The zero-order chi connectivity index (χ0) is 23.5. The van der Waals surface area contributed by atoms with Crippen LogP contribution < -0.4 is 0 Å². The lowest BCUT2D eigenvalue weighted by atomic mass is 9.78. The van der Waals surface area contributed by atoms with Gasteiger partial charge in [0.2, 0.25) is 0 Å². The normalized spacial score (nSPS) is 22.5. The number of aromatic nitrogens is 1. The molecule has 3 aliphatic rings. The van der Waals surface area contributed by atoms with Gasteiger partial charge in [0.15, 0.2) is 5.78 Å². The molecule has 2 aromatic rings. The SMILES string of the molecule is COC(=O)C1CCC2=C(CC[C@@H]3c4c(c5ccccc5n4C(=O)OC(C)(C)C)CCN23)C1=O. The fourth-order valence-corrected chi connectivity index (χ4v) is 5.74. The molecule has 3 heterocycles. The van der Waals surface area contributed by atoms with Crippen molar-refractivity contribution >= 4 is 28.7 Å². The first kappa shape index (κ1) is 21.7. The molecule has 7 heteroatoms. The summed E-state index contributed by atoms with van der Waals surface area (Å²) in [4.78, 5) is 40.9. The Morgan fingerprint density at radius 1 is 1.06 bits per heavy atom. The predicted molar refractivity (Wildman–Crippen MR) is 123 cm³/mol. The highest BCUT2D eigenvalue weighted by molar-refractivity contribution is 6.09. The average molecular weight is 451 g/mol. The minimum absolute atomic E-state index is 0.00473. The van der Waals surface area contributed by atoms with Crippen LogP contribution in [0.2, 0.25) is 0 Å². The Kier molecular flexibility index (Phi) is 5.10. The van der Waals surface area contributed by atoms with E-state index in [1.807, 2.05) is 39.0 Å². The molecule has 33 heavy (non-hydrogen) atoms. The number of methoxy groups -OCH3 is 1. The highest BCUT2D eigenvalue weighted by Gasteiger charge is 2.44. The molecule has 0 fully saturated rings. The van der Waals surface area contributed by atoms with Gasteiger partial charge in [0.05, 0.1) is 24.4 Å². The van der Waals surface area contributed by atoms with E-state index in [1.54, 1.807) is 4.57 Å². The number of allylic oxidation sites excluding steroid dienone is 2. The number of nitrogens with zero attached hydrogens (tertiary/aromatic N) is 2. The zero-order valence-electron chi connectivity index (χ0n) is 19.6. The number of fused-ring (bicyclic) bond motifs is 6. The molecule has 0 bridgehead atoms. The first-order valence-electron chi connectivity index (χ1n) is 11.7. The summed E-state index contributed by atoms with van der Waals surface area (Å²) >= 11 is 0. The molecule has 0 saturated carbocycles. The Bertz CT molecular complexity index is 1200. The quantitative estimate of drug-likeness (QED) is 0.469. The Hall–Kier alpha value is -3.09. The van der Waals surface area contributed by atoms with Crippen LogP contribution in [0.15, 0.2) is 35.5 Å². The number of hydrogen-bond acceptors (Lipinski definition) is 6. The highest BCUT2D eigenvalue weighted by Crippen LogP contribution is 2.47. The van der Waals surface area contributed by atoms with Crippen molar-refractivity contribution in [2.24, 2.45) is 5.92 Å². The van der Waals surface area contributed by atoms with Gasteiger partial charge >= 0.3 is 12.1 Å². The van der Waals surface area contributed by atoms with Crippen LogP contribution in [0, 0.1) is 5.92 Å². The molecule has 1 aromatic carbocycles. The average Bonchev–Trinajstić information content (AvgIpc) is 3.12. The van der Waals surface area contributed by atoms with Gasteiger partial charge in [-0.2, -0.15) is 0 Å². The Morgan fingerprint density at radius 3 is 2.55 bits per heavy atom. The van der Waals surface area contributed by atoms with E-state index in [0.29, 0.717) is 25.7 Å². The third kappa shape index (κ3) is 3.45. The van der Waals surface area contributed by atoms with Crippen LogP contribution in [0.3, 0.4) is 0 Å². The number of rotatable bonds is 1. The fourth-order valence-electron chi connectivity index (χ4n) is 5.74. The maximum atomic E-state index is 13.4. The molecule has 2 atom stereocenters. The molecule has 5 rings (SSSR count). The number of carbonyl (C=O) groups excluding carboxylic acids is 3. The van der Waals surface area contributed by atoms with E-state index in [4.69, 9.17) is 9.47 Å². The maximum Gasteiger partial charge on any atom is 0.419 e. The summed E-state index contributed by atoms with van der Waals surface area (Å²) in [6, 6.07) is 7.99. The van der Waals surface area contributed by atoms with Gasteiger partial charge in [-0.05, 0) is 64.5 Å². The number of ether oxygens (including phenoxy) is 2. The van der Waals surface area contributed by atoms with Gasteiger partial charge < -0.3 is 14.4 Å². The molecule has 7 nitrogen and oxygen atoms in total. The van der Waals surface area contributed by atoms with Crippen LogP contribution in [0.25, 0.3) is 10.9 Å². The predicted octanol–water partition coefficient (Wildman–Crippen LogP) is 4.52. The van der Waals surface area contributed by atoms with Crippen molar-refractivity contribution in [3.63, 3.8) is 0 Å². The zero-order valence-corrected chi connectivity index (χ0v) is 19.6. The van der Waals surface area contributed by atoms with E-state index < -0.39 is 17.5 Å². The minimum atomic E-state index is -0.695. The van der Waals surface area contributed by atoms with Crippen molar-refractivity contribution < 1.29 is 23.9 Å². The Balaban J connectivity index is 1.60. The van der Waals surface area contributed by atoms with Crippen LogP contribution >= 0.6 is 0 Å². The van der Waals surface area contributed by atoms with Crippen molar-refractivity contribution in [2.75, 3.05) is 13.7 Å². The third-order valence-electron chi connectivity index (χ3n) is 7.02. The van der Waals surface area contributed by atoms with Crippen LogP contribution in [0.5, 0.6) is 0 Å². The van der Waals surface area contributed by atoms with Gasteiger partial charge in [-0.15, -0.1) is 0 Å². The third-order valence-corrected chi connectivity index (χ3v) is 7.02. The van der Waals surface area contributed by atoms with Crippen molar-refractivity contribution in [2.45, 2.75) is 64.5 Å². The maximum absolute atomic E-state index is 13.4. The largest absolute Gasteiger partial charge is 0.468 e. The number of hydrogen-bond donors (Lipinski definition) is 0. The number of benzene rings is 1. The van der Waals surface area contributed by atoms with Crippen LogP contribution in [-0.2, 0) is 25.5 Å². The summed E-state index contributed by atoms with van der Waals surface area (Å²) < 4.78 is 12.4. The van der Waals surface area contributed by atoms with Gasteiger partial charge in [-0.1, -0.05) is 18.2 Å². The smallest absolute Gasteiger partial charge is 0.419 e. The molecular formula is C26H30N2O5. The van der Waals surface area contributed by atoms with Gasteiger partial charge in [0, 0.05) is 23.2 Å². The molecule has 1 aromatic heterocycles. The molecule has 0 spiro atoms. The number of esters is 1. The molecule has 174 valence electrons. The van der Waals surface area contributed by atoms with Crippen molar-refractivity contribution in [3.05, 3.63) is 46.8 Å². The Morgan fingerprint density at radius 2 is 1.82 bits per heavy atom. The molecular weight excluding hydrogens is 420 g/mol. The second-order valence-corrected chi connectivity index (χ2v) is 10.1. The monoisotopic (exact) mass is 450 g/mol. The van der Waals surface area contributed by atoms with E-state index in [2.05, 4.69) is 11.0 Å². The summed E-state index contributed by atoms with van der Waals surface area (Å²) in [6.07, 6.45) is 2.86. The lowest BCUT2D eigenvalue weighted by molar-refractivity contribution is -0.149. The molecule has 0 amide bonds. The van der Waals surface area contributed by atoms with Crippen LogP contribution in [0.4, 0.5) is 4.79 Å². The molecule has 1 aliphatic carbocycles. The van der Waals surface area contributed by atoms with E-state index >= 15 is 0 Å². The van der Waals surface area contributed by atoms with Crippen molar-refractivity contribution in [1.29, 1.82) is 0 Å². The first-order valence-corrected chi connectivity index (χ1v) is 11.7. The van der Waals surface area contributed by atoms with Crippen LogP contribution in [0.1, 0.15) is 63.8 Å². The van der Waals surface area contributed by atoms with Crippen molar-refractivity contribution in [3.8, 4) is 0 Å². The van der Waals surface area contributed by atoms with Gasteiger partial charge in [-0.25, -0.2) is 9.36 Å². The fraction of sp³-hybridized carbons (Fsp3) is 0.500. The number of Topliss-reactive ketones (excluding diaryl/α,β-unsaturated/α-hetero) is 1. The lowest BCUT2D eigenvalue weighted by Crippen LogP contribution is -2.44. The standard InChI is InChI=1S/C26H30N2O5/c1-26(2,3)33-25(31)28-20-8-6-5-7-15(20)16-13-14-27-19-11-10-18(24(30)32-4)23(29)17(19)9-12-21(27)22(16)28/h5-8,18,21H,9-14H2,1-4H3/t18?,21-/m1/s1. The highest BCUT2D eigenvalue weighted by atomic mass is 16.6. The van der Waals surface area contributed by atoms with E-state index in [9.17, 15) is 14.4 Å². The van der Waals surface area contributed by atoms with Gasteiger partial charge in [0.1, 0.15) is 11.5 Å². The molecule has 1 unspecified atom stereocenters. The van der Waals surface area contributed by atoms with E-state index in [-0.39, 0.29) is 17.9 Å². The minimum Gasteiger partial charge on any atom is -0.468 e. The number of carbonyl (C=O) groups is 3. The van der Waals surface area contributed by atoms with Gasteiger partial charge in [0.25, 0.3) is 0 Å². The second-order valence-electron chi connectivity index (χ2n) is 10.1.